The Morgan fingerprint density at radius 1 is 1.23 bits per heavy atom. The number of hydrogen-bond acceptors (Lipinski definition) is 4. The Kier molecular flexibility index (Phi) is 5.51. The molecule has 1 aliphatic heterocycles. The highest BCUT2D eigenvalue weighted by atomic mass is 16.5. The molecule has 6 nitrogen and oxygen atoms in total. The second kappa shape index (κ2) is 7.99. The first-order chi connectivity index (χ1) is 12.5. The topological polar surface area (TPSA) is 79.7 Å². The molecule has 2 aromatic rings. The average molecular weight is 354 g/mol. The monoisotopic (exact) mass is 354 g/mol. The molecule has 1 aromatic carbocycles. The van der Waals surface area contributed by atoms with Gasteiger partial charge in [0.15, 0.2) is 0 Å². The molecular weight excluding hydrogens is 332 g/mol. The number of carboxylic acids is 1. The van der Waals surface area contributed by atoms with E-state index in [1.54, 1.807) is 17.0 Å². The number of piperidine rings is 1. The number of rotatable bonds is 5. The van der Waals surface area contributed by atoms with Gasteiger partial charge in [0.2, 0.25) is 5.88 Å². The Morgan fingerprint density at radius 3 is 2.62 bits per heavy atom. The third kappa shape index (κ3) is 4.20. The average Bonchev–Trinajstić information content (AvgIpc) is 2.66. The van der Waals surface area contributed by atoms with E-state index in [9.17, 15) is 14.7 Å². The fraction of sp³-hybridized carbons (Fsp3) is 0.350. The molecule has 0 bridgehead atoms. The van der Waals surface area contributed by atoms with E-state index in [1.165, 1.54) is 6.20 Å². The van der Waals surface area contributed by atoms with Crippen LogP contribution in [0.4, 0.5) is 0 Å². The van der Waals surface area contributed by atoms with Gasteiger partial charge in [0.1, 0.15) is 6.61 Å². The van der Waals surface area contributed by atoms with E-state index in [-0.39, 0.29) is 17.7 Å². The van der Waals surface area contributed by atoms with Crippen molar-refractivity contribution in [1.29, 1.82) is 0 Å². The van der Waals surface area contributed by atoms with Crippen LogP contribution in [0.5, 0.6) is 5.88 Å². The molecular formula is C20H22N2O4. The van der Waals surface area contributed by atoms with Crippen molar-refractivity contribution in [3.05, 3.63) is 59.8 Å². The summed E-state index contributed by atoms with van der Waals surface area (Å²) in [6.45, 7) is 3.19. The van der Waals surface area contributed by atoms with Gasteiger partial charge in [-0.2, -0.15) is 0 Å². The Morgan fingerprint density at radius 2 is 2.00 bits per heavy atom. The summed E-state index contributed by atoms with van der Waals surface area (Å²) in [7, 11) is 0. The quantitative estimate of drug-likeness (QED) is 0.893. The molecule has 26 heavy (non-hydrogen) atoms. The molecule has 1 N–H and O–H groups in total. The molecule has 0 saturated carbocycles. The zero-order chi connectivity index (χ0) is 18.5. The van der Waals surface area contributed by atoms with Crippen molar-refractivity contribution in [2.24, 2.45) is 11.8 Å². The Labute approximate surface area is 152 Å². The van der Waals surface area contributed by atoms with Crippen LogP contribution < -0.4 is 4.74 Å². The van der Waals surface area contributed by atoms with E-state index in [2.05, 4.69) is 4.98 Å². The third-order valence-corrected chi connectivity index (χ3v) is 4.72. The number of amides is 1. The number of aliphatic carboxylic acids is 1. The molecule has 1 aliphatic rings. The molecule has 0 aliphatic carbocycles. The Balaban J connectivity index is 1.58. The minimum absolute atomic E-state index is 0.0633. The maximum absolute atomic E-state index is 12.6. The summed E-state index contributed by atoms with van der Waals surface area (Å²) in [6.07, 6.45) is 1.99. The lowest BCUT2D eigenvalue weighted by Crippen LogP contribution is -2.45. The van der Waals surface area contributed by atoms with Crippen molar-refractivity contribution in [2.45, 2.75) is 20.0 Å². The summed E-state index contributed by atoms with van der Waals surface area (Å²) in [6, 6.07) is 13.2. The third-order valence-electron chi connectivity index (χ3n) is 4.72. The van der Waals surface area contributed by atoms with Gasteiger partial charge in [-0.3, -0.25) is 9.59 Å². The van der Waals surface area contributed by atoms with Crippen LogP contribution >= 0.6 is 0 Å². The van der Waals surface area contributed by atoms with Crippen LogP contribution in [-0.2, 0) is 11.4 Å². The number of ether oxygens (including phenoxy) is 1. The number of pyridine rings is 1. The number of nitrogens with zero attached hydrogens (tertiary/aromatic N) is 2. The Bertz CT molecular complexity index is 761. The van der Waals surface area contributed by atoms with Crippen LogP contribution in [-0.4, -0.2) is 40.0 Å². The number of hydrogen-bond donors (Lipinski definition) is 1. The van der Waals surface area contributed by atoms with E-state index in [1.807, 2.05) is 37.3 Å². The van der Waals surface area contributed by atoms with Crippen LogP contribution in [0.1, 0.15) is 29.3 Å². The molecule has 1 amide bonds. The minimum atomic E-state index is -0.786. The summed E-state index contributed by atoms with van der Waals surface area (Å²) in [4.78, 5) is 29.7. The van der Waals surface area contributed by atoms with E-state index in [4.69, 9.17) is 4.74 Å². The molecule has 0 spiro atoms. The maximum Gasteiger partial charge on any atom is 0.306 e. The fourth-order valence-corrected chi connectivity index (χ4v) is 3.20. The van der Waals surface area contributed by atoms with Crippen LogP contribution in [0.25, 0.3) is 0 Å². The molecule has 1 aromatic heterocycles. The van der Waals surface area contributed by atoms with E-state index in [0.29, 0.717) is 37.6 Å². The molecule has 136 valence electrons. The van der Waals surface area contributed by atoms with Crippen LogP contribution in [0.15, 0.2) is 48.7 Å². The number of carbonyl (C=O) groups excluding carboxylic acids is 1. The summed E-state index contributed by atoms with van der Waals surface area (Å²) in [5.74, 6) is -0.894. The van der Waals surface area contributed by atoms with Gasteiger partial charge >= 0.3 is 5.97 Å². The fourth-order valence-electron chi connectivity index (χ4n) is 3.20. The van der Waals surface area contributed by atoms with Gasteiger partial charge < -0.3 is 14.7 Å². The van der Waals surface area contributed by atoms with E-state index < -0.39 is 5.97 Å². The van der Waals surface area contributed by atoms with Gasteiger partial charge in [0, 0.05) is 25.4 Å². The number of carbonyl (C=O) groups is 2. The van der Waals surface area contributed by atoms with Gasteiger partial charge in [-0.1, -0.05) is 37.3 Å². The SMILES string of the molecule is CC1CN(C(=O)c2ccc(OCc3ccccc3)nc2)CCC1C(=O)O. The summed E-state index contributed by atoms with van der Waals surface area (Å²) in [5.41, 5.74) is 1.53. The Hall–Kier alpha value is -2.89. The van der Waals surface area contributed by atoms with Crippen molar-refractivity contribution in [1.82, 2.24) is 9.88 Å². The molecule has 1 fully saturated rings. The lowest BCUT2D eigenvalue weighted by Gasteiger charge is -2.34. The first-order valence-corrected chi connectivity index (χ1v) is 8.69. The van der Waals surface area contributed by atoms with Crippen molar-refractivity contribution in [3.8, 4) is 5.88 Å². The van der Waals surface area contributed by atoms with Gasteiger partial charge in [0.05, 0.1) is 11.5 Å². The normalized spacial score (nSPS) is 19.8. The number of likely N-dealkylation sites (tertiary alicyclic amines) is 1. The highest BCUT2D eigenvalue weighted by molar-refractivity contribution is 5.94. The standard InChI is InChI=1S/C20H22N2O4/c1-14-12-22(10-9-17(14)20(24)25)19(23)16-7-8-18(21-11-16)26-13-15-5-3-2-4-6-15/h2-8,11,14,17H,9-10,12-13H2,1H3,(H,24,25). The summed E-state index contributed by atoms with van der Waals surface area (Å²) >= 11 is 0. The predicted octanol–water partition coefficient (Wildman–Crippen LogP) is 2.84. The second-order valence-corrected chi connectivity index (χ2v) is 6.62. The van der Waals surface area contributed by atoms with E-state index >= 15 is 0 Å². The number of aromatic nitrogens is 1. The first kappa shape index (κ1) is 17.9. The van der Waals surface area contributed by atoms with Crippen LogP contribution in [0, 0.1) is 11.8 Å². The van der Waals surface area contributed by atoms with Crippen molar-refractivity contribution >= 4 is 11.9 Å². The molecule has 2 heterocycles. The largest absolute Gasteiger partial charge is 0.481 e. The van der Waals surface area contributed by atoms with Gasteiger partial charge in [-0.25, -0.2) is 4.98 Å². The van der Waals surface area contributed by atoms with Crippen molar-refractivity contribution < 1.29 is 19.4 Å². The predicted molar refractivity (Wildman–Crippen MR) is 95.8 cm³/mol. The smallest absolute Gasteiger partial charge is 0.306 e. The zero-order valence-corrected chi connectivity index (χ0v) is 14.7. The first-order valence-electron chi connectivity index (χ1n) is 8.69. The molecule has 1 saturated heterocycles. The van der Waals surface area contributed by atoms with Crippen LogP contribution in [0.3, 0.4) is 0 Å². The number of carboxylic acid groups (broad SMARTS) is 1. The minimum Gasteiger partial charge on any atom is -0.481 e. The highest BCUT2D eigenvalue weighted by Gasteiger charge is 2.33. The van der Waals surface area contributed by atoms with Gasteiger partial charge in [-0.05, 0) is 24.0 Å². The molecule has 6 heteroatoms. The zero-order valence-electron chi connectivity index (χ0n) is 14.7. The molecule has 2 unspecified atom stereocenters. The van der Waals surface area contributed by atoms with Crippen molar-refractivity contribution in [2.75, 3.05) is 13.1 Å². The number of benzene rings is 1. The summed E-state index contributed by atoms with van der Waals surface area (Å²) in [5, 5.41) is 9.19. The lowest BCUT2D eigenvalue weighted by atomic mass is 9.87. The maximum atomic E-state index is 12.6. The molecule has 2 atom stereocenters. The van der Waals surface area contributed by atoms with E-state index in [0.717, 1.165) is 5.56 Å². The summed E-state index contributed by atoms with van der Waals surface area (Å²) < 4.78 is 5.63. The van der Waals surface area contributed by atoms with Crippen molar-refractivity contribution in [3.63, 3.8) is 0 Å². The van der Waals surface area contributed by atoms with Gasteiger partial charge in [0.25, 0.3) is 5.91 Å². The second-order valence-electron chi connectivity index (χ2n) is 6.62. The van der Waals surface area contributed by atoms with Crippen LogP contribution in [0.2, 0.25) is 0 Å². The lowest BCUT2D eigenvalue weighted by molar-refractivity contribution is -0.145. The molecule has 0 radical (unpaired) electrons. The highest BCUT2D eigenvalue weighted by Crippen LogP contribution is 2.24. The molecule has 3 rings (SSSR count). The van der Waals surface area contributed by atoms with Gasteiger partial charge in [-0.15, -0.1) is 0 Å².